The molecule has 7 heteroatoms. The third kappa shape index (κ3) is 6.55. The molecule has 1 aromatic heterocycles. The Morgan fingerprint density at radius 1 is 1.04 bits per heavy atom. The molecule has 0 radical (unpaired) electrons. The zero-order valence-corrected chi connectivity index (χ0v) is 18.2. The first kappa shape index (κ1) is 21.2. The number of halogens is 2. The number of aromatic nitrogens is 2. The minimum absolute atomic E-state index is 0. The first-order valence-electron chi connectivity index (χ1n) is 8.48. The Balaban J connectivity index is 0.00000261. The molecule has 27 heavy (non-hydrogen) atoms. The molecular formula is C20H23ClIN5. The van der Waals surface area contributed by atoms with Crippen molar-refractivity contribution >= 4 is 41.5 Å². The number of benzene rings is 2. The highest BCUT2D eigenvalue weighted by molar-refractivity contribution is 14.0. The van der Waals surface area contributed by atoms with Crippen LogP contribution < -0.4 is 10.6 Å². The lowest BCUT2D eigenvalue weighted by Gasteiger charge is -2.14. The van der Waals surface area contributed by atoms with Gasteiger partial charge < -0.3 is 10.6 Å². The fourth-order valence-electron chi connectivity index (χ4n) is 2.68. The number of nitrogens with zero attached hydrogens (tertiary/aromatic N) is 3. The zero-order chi connectivity index (χ0) is 18.2. The van der Waals surface area contributed by atoms with Gasteiger partial charge in [-0.2, -0.15) is 5.10 Å². The van der Waals surface area contributed by atoms with Crippen molar-refractivity contribution in [3.8, 4) is 0 Å². The average molecular weight is 496 g/mol. The minimum Gasteiger partial charge on any atom is -0.352 e. The first-order valence-corrected chi connectivity index (χ1v) is 8.85. The SMILES string of the molecule is CN=C(NCc1cccc(Cl)c1)NCc1ccccc1Cn1cccn1.I. The molecule has 0 aliphatic carbocycles. The lowest BCUT2D eigenvalue weighted by molar-refractivity contribution is 0.677. The van der Waals surface area contributed by atoms with E-state index in [0.717, 1.165) is 23.1 Å². The van der Waals surface area contributed by atoms with Gasteiger partial charge in [0, 0.05) is 37.6 Å². The van der Waals surface area contributed by atoms with Gasteiger partial charge in [0.25, 0.3) is 0 Å². The molecule has 0 saturated heterocycles. The van der Waals surface area contributed by atoms with Crippen molar-refractivity contribution in [2.24, 2.45) is 4.99 Å². The third-order valence-corrected chi connectivity index (χ3v) is 4.26. The molecule has 0 bridgehead atoms. The summed E-state index contributed by atoms with van der Waals surface area (Å²) < 4.78 is 1.92. The topological polar surface area (TPSA) is 54.2 Å². The molecule has 2 N–H and O–H groups in total. The van der Waals surface area contributed by atoms with Crippen molar-refractivity contribution in [2.75, 3.05) is 7.05 Å². The molecule has 142 valence electrons. The number of rotatable bonds is 6. The monoisotopic (exact) mass is 495 g/mol. The smallest absolute Gasteiger partial charge is 0.191 e. The van der Waals surface area contributed by atoms with Crippen LogP contribution in [0, 0.1) is 0 Å². The standard InChI is InChI=1S/C20H22ClN5.HI/c1-22-20(23-13-16-6-4-9-19(21)12-16)24-14-17-7-2-3-8-18(17)15-26-11-5-10-25-26;/h2-12H,13-15H2,1H3,(H2,22,23,24);1H. The molecule has 0 fully saturated rings. The number of hydrogen-bond donors (Lipinski definition) is 2. The Hall–Kier alpha value is -2.06. The largest absolute Gasteiger partial charge is 0.352 e. The van der Waals surface area contributed by atoms with Gasteiger partial charge in [0.1, 0.15) is 0 Å². The zero-order valence-electron chi connectivity index (χ0n) is 15.1. The second kappa shape index (κ2) is 10.9. The summed E-state index contributed by atoms with van der Waals surface area (Å²) in [6.07, 6.45) is 3.76. The Morgan fingerprint density at radius 2 is 1.81 bits per heavy atom. The maximum atomic E-state index is 6.03. The lowest BCUT2D eigenvalue weighted by atomic mass is 10.1. The molecular weight excluding hydrogens is 473 g/mol. The van der Waals surface area contributed by atoms with E-state index in [9.17, 15) is 0 Å². The van der Waals surface area contributed by atoms with Crippen LogP contribution in [0.5, 0.6) is 0 Å². The van der Waals surface area contributed by atoms with E-state index in [1.165, 1.54) is 11.1 Å². The molecule has 0 unspecified atom stereocenters. The van der Waals surface area contributed by atoms with Gasteiger partial charge in [-0.15, -0.1) is 24.0 Å². The van der Waals surface area contributed by atoms with Crippen LogP contribution in [-0.2, 0) is 19.6 Å². The van der Waals surface area contributed by atoms with Crippen molar-refractivity contribution in [2.45, 2.75) is 19.6 Å². The molecule has 5 nitrogen and oxygen atoms in total. The van der Waals surface area contributed by atoms with Gasteiger partial charge >= 0.3 is 0 Å². The summed E-state index contributed by atoms with van der Waals surface area (Å²) in [5.41, 5.74) is 3.56. The van der Waals surface area contributed by atoms with Gasteiger partial charge in [0.05, 0.1) is 6.54 Å². The summed E-state index contributed by atoms with van der Waals surface area (Å²) in [6, 6.07) is 18.1. The maximum absolute atomic E-state index is 6.03. The molecule has 3 rings (SSSR count). The number of aliphatic imine (C=N–C) groups is 1. The highest BCUT2D eigenvalue weighted by atomic mass is 127. The lowest BCUT2D eigenvalue weighted by Crippen LogP contribution is -2.36. The highest BCUT2D eigenvalue weighted by Gasteiger charge is 2.05. The second-order valence-electron chi connectivity index (χ2n) is 5.88. The number of guanidine groups is 1. The van der Waals surface area contributed by atoms with Crippen molar-refractivity contribution in [3.05, 3.63) is 88.7 Å². The average Bonchev–Trinajstić information content (AvgIpc) is 3.16. The van der Waals surface area contributed by atoms with Gasteiger partial charge in [-0.1, -0.05) is 48.0 Å². The number of hydrogen-bond acceptors (Lipinski definition) is 2. The van der Waals surface area contributed by atoms with Crippen LogP contribution in [-0.4, -0.2) is 22.8 Å². The summed E-state index contributed by atoms with van der Waals surface area (Å²) >= 11 is 6.03. The molecule has 0 spiro atoms. The van der Waals surface area contributed by atoms with E-state index in [2.05, 4.69) is 38.9 Å². The van der Waals surface area contributed by atoms with Crippen molar-refractivity contribution < 1.29 is 0 Å². The molecule has 2 aromatic carbocycles. The van der Waals surface area contributed by atoms with Gasteiger partial charge in [0.15, 0.2) is 5.96 Å². The van der Waals surface area contributed by atoms with E-state index in [-0.39, 0.29) is 24.0 Å². The van der Waals surface area contributed by atoms with Crippen LogP contribution in [0.2, 0.25) is 5.02 Å². The quantitative estimate of drug-likeness (QED) is 0.308. The Labute approximate surface area is 181 Å². The molecule has 0 atom stereocenters. The summed E-state index contributed by atoms with van der Waals surface area (Å²) in [4.78, 5) is 4.29. The van der Waals surface area contributed by atoms with Gasteiger partial charge in [-0.25, -0.2) is 0 Å². The minimum atomic E-state index is 0. The predicted octanol–water partition coefficient (Wildman–Crippen LogP) is 4.07. The van der Waals surface area contributed by atoms with E-state index < -0.39 is 0 Å². The summed E-state index contributed by atoms with van der Waals surface area (Å²) in [7, 11) is 1.77. The molecule has 1 heterocycles. The number of nitrogens with one attached hydrogen (secondary N) is 2. The summed E-state index contributed by atoms with van der Waals surface area (Å²) in [6.45, 7) is 2.10. The van der Waals surface area contributed by atoms with Gasteiger partial charge in [-0.05, 0) is 34.9 Å². The van der Waals surface area contributed by atoms with Gasteiger partial charge in [0.2, 0.25) is 0 Å². The van der Waals surface area contributed by atoms with Crippen LogP contribution in [0.1, 0.15) is 16.7 Å². The normalized spacial score (nSPS) is 11.0. The van der Waals surface area contributed by atoms with E-state index in [1.54, 1.807) is 13.2 Å². The Bertz CT molecular complexity index is 864. The van der Waals surface area contributed by atoms with Crippen LogP contribution in [0.4, 0.5) is 0 Å². The molecule has 0 saturated carbocycles. The van der Waals surface area contributed by atoms with Crippen LogP contribution >= 0.6 is 35.6 Å². The Morgan fingerprint density at radius 3 is 2.52 bits per heavy atom. The van der Waals surface area contributed by atoms with E-state index in [1.807, 2.05) is 47.3 Å². The van der Waals surface area contributed by atoms with E-state index >= 15 is 0 Å². The van der Waals surface area contributed by atoms with E-state index in [0.29, 0.717) is 13.1 Å². The summed E-state index contributed by atoms with van der Waals surface area (Å²) in [5, 5.41) is 11.7. The highest BCUT2D eigenvalue weighted by Crippen LogP contribution is 2.11. The van der Waals surface area contributed by atoms with Crippen LogP contribution in [0.25, 0.3) is 0 Å². The maximum Gasteiger partial charge on any atom is 0.191 e. The Kier molecular flexibility index (Phi) is 8.60. The third-order valence-electron chi connectivity index (χ3n) is 4.03. The predicted molar refractivity (Wildman–Crippen MR) is 122 cm³/mol. The van der Waals surface area contributed by atoms with Crippen molar-refractivity contribution in [1.29, 1.82) is 0 Å². The molecule has 0 aliphatic heterocycles. The first-order chi connectivity index (χ1) is 12.7. The van der Waals surface area contributed by atoms with Crippen LogP contribution in [0.15, 0.2) is 72.0 Å². The van der Waals surface area contributed by atoms with Crippen molar-refractivity contribution in [3.63, 3.8) is 0 Å². The van der Waals surface area contributed by atoms with E-state index in [4.69, 9.17) is 11.6 Å². The second-order valence-corrected chi connectivity index (χ2v) is 6.32. The van der Waals surface area contributed by atoms with Gasteiger partial charge in [-0.3, -0.25) is 9.67 Å². The fourth-order valence-corrected chi connectivity index (χ4v) is 2.90. The van der Waals surface area contributed by atoms with Crippen LogP contribution in [0.3, 0.4) is 0 Å². The molecule has 0 aliphatic rings. The summed E-state index contributed by atoms with van der Waals surface area (Å²) in [5.74, 6) is 0.749. The molecule has 0 amide bonds. The van der Waals surface area contributed by atoms with Crippen molar-refractivity contribution in [1.82, 2.24) is 20.4 Å². The fraction of sp³-hybridized carbons (Fsp3) is 0.200. The molecule has 3 aromatic rings.